The molecule has 2 nitrogen and oxygen atoms in total. The molecule has 1 aliphatic heterocycles. The highest BCUT2D eigenvalue weighted by Gasteiger charge is 2.29. The van der Waals surface area contributed by atoms with Crippen molar-refractivity contribution < 1.29 is 0 Å². The van der Waals surface area contributed by atoms with Crippen molar-refractivity contribution in [3.63, 3.8) is 0 Å². The molecule has 1 fully saturated rings. The second kappa shape index (κ2) is 8.11. The van der Waals surface area contributed by atoms with Gasteiger partial charge in [-0.2, -0.15) is 0 Å². The fourth-order valence-electron chi connectivity index (χ4n) is 3.77. The lowest BCUT2D eigenvalue weighted by molar-refractivity contribution is 0.318. The van der Waals surface area contributed by atoms with Crippen LogP contribution >= 0.6 is 6.89 Å². The topological polar surface area (TPSA) is 15.3 Å². The molecular formula is C20H33N2P. The molecule has 3 heteroatoms. The quantitative estimate of drug-likeness (QED) is 0.633. The highest BCUT2D eigenvalue weighted by atomic mass is 31.2. The lowest BCUT2D eigenvalue weighted by atomic mass is 10.1. The van der Waals surface area contributed by atoms with Crippen LogP contribution in [0, 0.1) is 5.92 Å². The molecule has 0 bridgehead atoms. The van der Waals surface area contributed by atoms with E-state index < -0.39 is 6.89 Å². The number of rotatable bonds is 7. The minimum absolute atomic E-state index is 0.559. The summed E-state index contributed by atoms with van der Waals surface area (Å²) >= 11 is 0. The van der Waals surface area contributed by atoms with Gasteiger partial charge in [0.1, 0.15) is 5.82 Å². The zero-order valence-electron chi connectivity index (χ0n) is 14.9. The van der Waals surface area contributed by atoms with E-state index in [0.29, 0.717) is 12.0 Å². The number of hydrogen-bond donors (Lipinski definition) is 1. The zero-order valence-corrected chi connectivity index (χ0v) is 15.8. The highest BCUT2D eigenvalue weighted by molar-refractivity contribution is 7.76. The van der Waals surface area contributed by atoms with Crippen molar-refractivity contribution in [1.29, 1.82) is 0 Å². The Morgan fingerprint density at radius 1 is 1.26 bits per heavy atom. The van der Waals surface area contributed by atoms with Gasteiger partial charge in [-0.3, -0.25) is 0 Å². The number of allylic oxidation sites excluding steroid dienone is 2. The molecule has 0 amide bonds. The summed E-state index contributed by atoms with van der Waals surface area (Å²) in [5, 5.41) is 3.24. The summed E-state index contributed by atoms with van der Waals surface area (Å²) in [7, 11) is 0. The molecule has 2 unspecified atom stereocenters. The molecule has 1 saturated carbocycles. The smallest absolute Gasteiger partial charge is 0.103 e. The average molecular weight is 332 g/mol. The third kappa shape index (κ3) is 4.91. The standard InChI is InChI=1S/C20H33N2P/c1-6-13-23(5,14-7-2)15-11-19-8-9-20(16-19)22-12-10-17(3)21-18(22)4/h10-12,15,19-21H,3-9,13-14,16H2,1-2H3/b15-11+. The number of hydrogen-bond acceptors (Lipinski definition) is 2. The van der Waals surface area contributed by atoms with Gasteiger partial charge in [-0.05, 0) is 43.6 Å². The number of nitrogens with one attached hydrogen (secondary N) is 1. The van der Waals surface area contributed by atoms with Crippen molar-refractivity contribution in [2.75, 3.05) is 12.3 Å². The Hall–Kier alpha value is -1.14. The third-order valence-electron chi connectivity index (χ3n) is 4.90. The van der Waals surface area contributed by atoms with Crippen LogP contribution in [0.1, 0.15) is 46.0 Å². The molecule has 0 aromatic heterocycles. The van der Waals surface area contributed by atoms with E-state index in [4.69, 9.17) is 0 Å². The van der Waals surface area contributed by atoms with E-state index in [1.165, 1.54) is 44.4 Å². The Morgan fingerprint density at radius 3 is 2.57 bits per heavy atom. The summed E-state index contributed by atoms with van der Waals surface area (Å²) in [5.41, 5.74) is 0.923. The lowest BCUT2D eigenvalue weighted by Crippen LogP contribution is -2.36. The molecule has 0 radical (unpaired) electrons. The maximum absolute atomic E-state index is 4.61. The van der Waals surface area contributed by atoms with Crippen molar-refractivity contribution in [3.8, 4) is 0 Å². The molecule has 2 rings (SSSR count). The first kappa shape index (κ1) is 18.2. The van der Waals surface area contributed by atoms with E-state index in [9.17, 15) is 0 Å². The second-order valence-electron chi connectivity index (χ2n) is 7.05. The van der Waals surface area contributed by atoms with Gasteiger partial charge in [-0.1, -0.05) is 64.9 Å². The summed E-state index contributed by atoms with van der Waals surface area (Å²) < 4.78 is 0. The van der Waals surface area contributed by atoms with Gasteiger partial charge in [0.15, 0.2) is 0 Å². The molecule has 0 saturated heterocycles. The summed E-state index contributed by atoms with van der Waals surface area (Å²) in [6.45, 7) is 11.5. The van der Waals surface area contributed by atoms with E-state index in [2.05, 4.69) is 61.6 Å². The van der Waals surface area contributed by atoms with E-state index >= 15 is 0 Å². The Morgan fingerprint density at radius 2 is 1.96 bits per heavy atom. The predicted molar refractivity (Wildman–Crippen MR) is 107 cm³/mol. The minimum atomic E-state index is -1.09. The summed E-state index contributed by atoms with van der Waals surface area (Å²) in [4.78, 5) is 2.28. The molecule has 0 spiro atoms. The molecule has 0 aromatic carbocycles. The molecule has 0 aromatic rings. The molecular weight excluding hydrogens is 299 g/mol. The first-order valence-electron chi connectivity index (χ1n) is 8.99. The van der Waals surface area contributed by atoms with Crippen LogP contribution in [0.3, 0.4) is 0 Å². The fraction of sp³-hybridized carbons (Fsp3) is 0.550. The van der Waals surface area contributed by atoms with Crippen LogP contribution in [0.2, 0.25) is 0 Å². The van der Waals surface area contributed by atoms with Crippen molar-refractivity contribution in [3.05, 3.63) is 48.8 Å². The first-order chi connectivity index (χ1) is 11.0. The molecule has 2 aliphatic rings. The molecule has 1 heterocycles. The maximum atomic E-state index is 4.61. The molecule has 23 heavy (non-hydrogen) atoms. The largest absolute Gasteiger partial charge is 0.343 e. The van der Waals surface area contributed by atoms with Crippen molar-refractivity contribution in [2.24, 2.45) is 5.92 Å². The summed E-state index contributed by atoms with van der Waals surface area (Å²) in [5.74, 6) is 4.18. The van der Waals surface area contributed by atoms with Gasteiger partial charge in [-0.25, -0.2) is 0 Å². The van der Waals surface area contributed by atoms with Gasteiger partial charge in [0.25, 0.3) is 0 Å². The second-order valence-corrected chi connectivity index (χ2v) is 10.7. The SMILES string of the molecule is C=C1C=CN(C2CCC(/C=C/P(=C)(CCC)CCC)C2)C(=C)N1. The number of nitrogens with zero attached hydrogens (tertiary/aromatic N) is 1. The van der Waals surface area contributed by atoms with E-state index in [-0.39, 0.29) is 0 Å². The van der Waals surface area contributed by atoms with Crippen molar-refractivity contribution in [1.82, 2.24) is 10.2 Å². The van der Waals surface area contributed by atoms with Gasteiger partial charge >= 0.3 is 0 Å². The van der Waals surface area contributed by atoms with Crippen LogP contribution in [0.4, 0.5) is 0 Å². The first-order valence-corrected chi connectivity index (χ1v) is 11.4. The third-order valence-corrected chi connectivity index (χ3v) is 8.38. The van der Waals surface area contributed by atoms with Crippen LogP contribution in [0.5, 0.6) is 0 Å². The minimum Gasteiger partial charge on any atom is -0.343 e. The Kier molecular flexibility index (Phi) is 6.41. The van der Waals surface area contributed by atoms with Crippen molar-refractivity contribution in [2.45, 2.75) is 52.0 Å². The van der Waals surface area contributed by atoms with Gasteiger partial charge in [0.2, 0.25) is 0 Å². The van der Waals surface area contributed by atoms with E-state index in [0.717, 1.165) is 11.5 Å². The predicted octanol–water partition coefficient (Wildman–Crippen LogP) is 5.34. The lowest BCUT2D eigenvalue weighted by Gasteiger charge is -2.33. The average Bonchev–Trinajstić information content (AvgIpc) is 2.94. The van der Waals surface area contributed by atoms with Crippen LogP contribution < -0.4 is 5.32 Å². The monoisotopic (exact) mass is 332 g/mol. The van der Waals surface area contributed by atoms with Gasteiger partial charge in [0.05, 0.1) is 0 Å². The van der Waals surface area contributed by atoms with Crippen LogP contribution in [-0.4, -0.2) is 29.6 Å². The Bertz CT molecular complexity index is 534. The van der Waals surface area contributed by atoms with E-state index in [1.807, 2.05) is 6.08 Å². The maximum Gasteiger partial charge on any atom is 0.103 e. The van der Waals surface area contributed by atoms with Crippen molar-refractivity contribution >= 4 is 13.2 Å². The molecule has 1 aliphatic carbocycles. The highest BCUT2D eigenvalue weighted by Crippen LogP contribution is 2.48. The van der Waals surface area contributed by atoms with Crippen LogP contribution in [0.15, 0.2) is 48.8 Å². The Labute approximate surface area is 143 Å². The normalized spacial score (nSPS) is 25.4. The Balaban J connectivity index is 1.96. The van der Waals surface area contributed by atoms with Gasteiger partial charge < -0.3 is 10.2 Å². The summed E-state index contributed by atoms with van der Waals surface area (Å²) in [6, 6.07) is 0.559. The van der Waals surface area contributed by atoms with Crippen LogP contribution in [-0.2, 0) is 0 Å². The zero-order chi connectivity index (χ0) is 16.9. The molecule has 1 N–H and O–H groups in total. The van der Waals surface area contributed by atoms with E-state index in [1.54, 1.807) is 0 Å². The van der Waals surface area contributed by atoms with Gasteiger partial charge in [0, 0.05) is 17.9 Å². The molecule has 2 atom stereocenters. The summed E-state index contributed by atoms with van der Waals surface area (Å²) in [6.07, 6.45) is 20.1. The molecule has 128 valence electrons. The fourth-order valence-corrected chi connectivity index (χ4v) is 6.68. The van der Waals surface area contributed by atoms with Crippen LogP contribution in [0.25, 0.3) is 0 Å². The van der Waals surface area contributed by atoms with Gasteiger partial charge in [-0.15, -0.1) is 0 Å².